The lowest BCUT2D eigenvalue weighted by Gasteiger charge is -2.22. The lowest BCUT2D eigenvalue weighted by molar-refractivity contribution is -0.137. The summed E-state index contributed by atoms with van der Waals surface area (Å²) in [6.07, 6.45) is -2.53. The van der Waals surface area contributed by atoms with E-state index in [0.717, 1.165) is 47.2 Å². The Balaban J connectivity index is 1.90. The highest BCUT2D eigenvalue weighted by atomic mass is 19.4. The van der Waals surface area contributed by atoms with Crippen molar-refractivity contribution in [1.29, 1.82) is 0 Å². The molecule has 0 radical (unpaired) electrons. The number of halogens is 3. The molecule has 3 rings (SSSR count). The number of rotatable bonds is 8. The zero-order chi connectivity index (χ0) is 24.2. The standard InChI is InChI=1S/C27H31F3N2O/c1-6-20-11-9-12-21(7-2)26(20)24-15-25(33-5)23(18(3)31-24)17-32(4)16-19-10-8-13-22(14-19)27(28,29)30/h8-15H,6-7,16-17H2,1-5H3. The second-order valence-corrected chi connectivity index (χ2v) is 8.30. The van der Waals surface area contributed by atoms with Crippen molar-refractivity contribution in [2.24, 2.45) is 0 Å². The van der Waals surface area contributed by atoms with Gasteiger partial charge in [-0.15, -0.1) is 0 Å². The summed E-state index contributed by atoms with van der Waals surface area (Å²) in [4.78, 5) is 6.89. The minimum absolute atomic E-state index is 0.382. The van der Waals surface area contributed by atoms with Gasteiger partial charge in [0.05, 0.1) is 18.4 Å². The van der Waals surface area contributed by atoms with E-state index in [1.165, 1.54) is 23.3 Å². The van der Waals surface area contributed by atoms with E-state index in [9.17, 15) is 13.2 Å². The van der Waals surface area contributed by atoms with Crippen LogP contribution < -0.4 is 4.74 Å². The van der Waals surface area contributed by atoms with Crippen molar-refractivity contribution in [2.75, 3.05) is 14.2 Å². The average Bonchev–Trinajstić information content (AvgIpc) is 2.79. The first-order valence-electron chi connectivity index (χ1n) is 11.2. The first kappa shape index (κ1) is 24.8. The smallest absolute Gasteiger partial charge is 0.416 e. The van der Waals surface area contributed by atoms with E-state index in [2.05, 4.69) is 32.0 Å². The molecule has 0 aliphatic carbocycles. The average molecular weight is 457 g/mol. The zero-order valence-electron chi connectivity index (χ0n) is 19.9. The third-order valence-electron chi connectivity index (χ3n) is 5.90. The normalized spacial score (nSPS) is 11.8. The summed E-state index contributed by atoms with van der Waals surface area (Å²) in [5.74, 6) is 0.737. The molecule has 176 valence electrons. The van der Waals surface area contributed by atoms with Crippen LogP contribution in [0.4, 0.5) is 13.2 Å². The van der Waals surface area contributed by atoms with E-state index in [4.69, 9.17) is 9.72 Å². The molecule has 0 unspecified atom stereocenters. The predicted molar refractivity (Wildman–Crippen MR) is 126 cm³/mol. The molecule has 0 bridgehead atoms. The molecular formula is C27H31F3N2O. The lowest BCUT2D eigenvalue weighted by atomic mass is 9.94. The molecule has 0 saturated heterocycles. The van der Waals surface area contributed by atoms with Crippen LogP contribution in [0.5, 0.6) is 5.75 Å². The SMILES string of the molecule is CCc1cccc(CC)c1-c1cc(OC)c(CN(C)Cc2cccc(C(F)(F)F)c2)c(C)n1. The Hall–Kier alpha value is -2.86. The molecule has 0 spiro atoms. The maximum absolute atomic E-state index is 13.1. The van der Waals surface area contributed by atoms with Gasteiger partial charge in [0, 0.05) is 36.0 Å². The number of nitrogens with zero attached hydrogens (tertiary/aromatic N) is 2. The highest BCUT2D eigenvalue weighted by molar-refractivity contribution is 5.70. The molecule has 2 aromatic carbocycles. The third-order valence-corrected chi connectivity index (χ3v) is 5.90. The molecule has 0 atom stereocenters. The van der Waals surface area contributed by atoms with E-state index in [1.54, 1.807) is 13.2 Å². The molecule has 1 aromatic heterocycles. The van der Waals surface area contributed by atoms with Crippen LogP contribution in [-0.2, 0) is 32.1 Å². The third kappa shape index (κ3) is 5.74. The lowest BCUT2D eigenvalue weighted by Crippen LogP contribution is -2.19. The van der Waals surface area contributed by atoms with E-state index >= 15 is 0 Å². The molecule has 1 heterocycles. The van der Waals surface area contributed by atoms with Gasteiger partial charge in [0.2, 0.25) is 0 Å². The molecule has 3 nitrogen and oxygen atoms in total. The van der Waals surface area contributed by atoms with Crippen molar-refractivity contribution in [3.63, 3.8) is 0 Å². The van der Waals surface area contributed by atoms with Crippen LogP contribution >= 0.6 is 0 Å². The van der Waals surface area contributed by atoms with Crippen molar-refractivity contribution in [2.45, 2.75) is 52.9 Å². The monoisotopic (exact) mass is 456 g/mol. The molecule has 0 fully saturated rings. The van der Waals surface area contributed by atoms with Gasteiger partial charge in [0.1, 0.15) is 5.75 Å². The van der Waals surface area contributed by atoms with Crippen LogP contribution in [0, 0.1) is 6.92 Å². The topological polar surface area (TPSA) is 25.4 Å². The number of pyridine rings is 1. The van der Waals surface area contributed by atoms with Gasteiger partial charge in [-0.05, 0) is 49.6 Å². The number of aromatic nitrogens is 1. The fraction of sp³-hybridized carbons (Fsp3) is 0.370. The van der Waals surface area contributed by atoms with Crippen LogP contribution in [0.25, 0.3) is 11.3 Å². The fourth-order valence-corrected chi connectivity index (χ4v) is 4.23. The Kier molecular flexibility index (Phi) is 7.80. The highest BCUT2D eigenvalue weighted by Gasteiger charge is 2.30. The van der Waals surface area contributed by atoms with Crippen LogP contribution in [-0.4, -0.2) is 24.0 Å². The molecule has 3 aromatic rings. The Bertz CT molecular complexity index is 1090. The van der Waals surface area contributed by atoms with Crippen LogP contribution in [0.15, 0.2) is 48.5 Å². The summed E-state index contributed by atoms with van der Waals surface area (Å²) >= 11 is 0. The van der Waals surface area contributed by atoms with Crippen LogP contribution in [0.1, 0.15) is 47.4 Å². The van der Waals surface area contributed by atoms with Crippen molar-refractivity contribution >= 4 is 0 Å². The predicted octanol–water partition coefficient (Wildman–Crippen LogP) is 6.84. The van der Waals surface area contributed by atoms with Crippen molar-refractivity contribution in [3.8, 4) is 17.0 Å². The van der Waals surface area contributed by atoms with Gasteiger partial charge in [-0.3, -0.25) is 9.88 Å². The van der Waals surface area contributed by atoms with Gasteiger partial charge in [-0.1, -0.05) is 50.2 Å². The Morgan fingerprint density at radius 2 is 1.58 bits per heavy atom. The van der Waals surface area contributed by atoms with Gasteiger partial charge in [-0.25, -0.2) is 0 Å². The van der Waals surface area contributed by atoms with Crippen LogP contribution in [0.3, 0.4) is 0 Å². The Morgan fingerprint density at radius 1 is 0.939 bits per heavy atom. The van der Waals surface area contributed by atoms with Crippen LogP contribution in [0.2, 0.25) is 0 Å². The van der Waals surface area contributed by atoms with Gasteiger partial charge < -0.3 is 4.74 Å². The first-order valence-corrected chi connectivity index (χ1v) is 11.2. The molecule has 0 amide bonds. The number of ether oxygens (including phenoxy) is 1. The number of hydrogen-bond acceptors (Lipinski definition) is 3. The van der Waals surface area contributed by atoms with Gasteiger partial charge in [0.15, 0.2) is 0 Å². The van der Waals surface area contributed by atoms with Crippen molar-refractivity contribution in [3.05, 3.63) is 82.0 Å². The van der Waals surface area contributed by atoms with E-state index in [0.29, 0.717) is 18.7 Å². The Labute approximate surface area is 194 Å². The number of methoxy groups -OCH3 is 1. The minimum Gasteiger partial charge on any atom is -0.496 e. The summed E-state index contributed by atoms with van der Waals surface area (Å²) in [6, 6.07) is 13.8. The number of aryl methyl sites for hydroxylation is 3. The molecule has 0 saturated carbocycles. The summed E-state index contributed by atoms with van der Waals surface area (Å²) < 4.78 is 44.9. The molecule has 0 N–H and O–H groups in total. The quantitative estimate of drug-likeness (QED) is 0.371. The van der Waals surface area contributed by atoms with E-state index in [1.807, 2.05) is 24.9 Å². The minimum atomic E-state index is -4.35. The number of hydrogen-bond donors (Lipinski definition) is 0. The summed E-state index contributed by atoms with van der Waals surface area (Å²) in [7, 11) is 3.52. The zero-order valence-corrected chi connectivity index (χ0v) is 19.9. The summed E-state index contributed by atoms with van der Waals surface area (Å²) in [5, 5.41) is 0. The summed E-state index contributed by atoms with van der Waals surface area (Å²) in [5.41, 5.74) is 6.31. The maximum Gasteiger partial charge on any atom is 0.416 e. The summed E-state index contributed by atoms with van der Waals surface area (Å²) in [6.45, 7) is 7.13. The van der Waals surface area contributed by atoms with Crippen molar-refractivity contribution < 1.29 is 17.9 Å². The van der Waals surface area contributed by atoms with Crippen molar-refractivity contribution in [1.82, 2.24) is 9.88 Å². The number of alkyl halides is 3. The second kappa shape index (κ2) is 10.4. The molecule has 33 heavy (non-hydrogen) atoms. The van der Waals surface area contributed by atoms with Gasteiger partial charge in [0.25, 0.3) is 0 Å². The van der Waals surface area contributed by atoms with E-state index in [-0.39, 0.29) is 0 Å². The molecule has 0 aliphatic heterocycles. The largest absolute Gasteiger partial charge is 0.496 e. The molecule has 6 heteroatoms. The highest BCUT2D eigenvalue weighted by Crippen LogP contribution is 2.34. The molecular weight excluding hydrogens is 425 g/mol. The second-order valence-electron chi connectivity index (χ2n) is 8.30. The fourth-order valence-electron chi connectivity index (χ4n) is 4.23. The Morgan fingerprint density at radius 3 is 2.15 bits per heavy atom. The van der Waals surface area contributed by atoms with Gasteiger partial charge in [-0.2, -0.15) is 13.2 Å². The maximum atomic E-state index is 13.1. The van der Waals surface area contributed by atoms with Gasteiger partial charge >= 0.3 is 6.18 Å². The number of benzene rings is 2. The molecule has 0 aliphatic rings. The first-order chi connectivity index (χ1) is 15.7. The van der Waals surface area contributed by atoms with E-state index < -0.39 is 11.7 Å².